The van der Waals surface area contributed by atoms with Gasteiger partial charge in [0.15, 0.2) is 5.76 Å². The maximum absolute atomic E-state index is 10.4. The summed E-state index contributed by atoms with van der Waals surface area (Å²) < 4.78 is 5.21. The van der Waals surface area contributed by atoms with E-state index in [0.717, 1.165) is 24.0 Å². The summed E-state index contributed by atoms with van der Waals surface area (Å²) in [5, 5.41) is 3.35. The van der Waals surface area contributed by atoms with E-state index >= 15 is 0 Å². The molecule has 3 heterocycles. The van der Waals surface area contributed by atoms with E-state index in [9.17, 15) is 4.79 Å². The highest BCUT2D eigenvalue weighted by Gasteiger charge is 2.36. The molecule has 0 spiro atoms. The number of carbonyl (C=O) groups is 1. The fourth-order valence-electron chi connectivity index (χ4n) is 3.50. The second kappa shape index (κ2) is 10.4. The Morgan fingerprint density at radius 1 is 1.38 bits per heavy atom. The molecule has 0 aromatic carbocycles. The van der Waals surface area contributed by atoms with Gasteiger partial charge < -0.3 is 14.6 Å². The molecule has 0 saturated carbocycles. The fraction of sp³-hybridized carbons (Fsp3) is 0.619. The number of aldehydes is 1. The number of rotatable bonds is 3. The number of oxazole rings is 1. The van der Waals surface area contributed by atoms with Crippen LogP contribution in [-0.2, 0) is 0 Å². The topological polar surface area (TPSA) is 58.4 Å². The van der Waals surface area contributed by atoms with Crippen molar-refractivity contribution in [1.29, 1.82) is 0 Å². The van der Waals surface area contributed by atoms with Crippen LogP contribution in [0.3, 0.4) is 0 Å². The zero-order chi connectivity index (χ0) is 18.9. The second-order valence-corrected chi connectivity index (χ2v) is 7.32. The van der Waals surface area contributed by atoms with Crippen molar-refractivity contribution in [2.45, 2.75) is 46.1 Å². The van der Waals surface area contributed by atoms with E-state index in [-0.39, 0.29) is 5.89 Å². The summed E-state index contributed by atoms with van der Waals surface area (Å²) >= 11 is 0. The largest absolute Gasteiger partial charge is 0.434 e. The van der Waals surface area contributed by atoms with Crippen molar-refractivity contribution in [1.82, 2.24) is 15.2 Å². The number of carbonyl (C=O) groups excluding carboxylic acids is 1. The van der Waals surface area contributed by atoms with E-state index in [1.54, 1.807) is 6.20 Å². The summed E-state index contributed by atoms with van der Waals surface area (Å²) in [6.45, 7) is 10.4. The molecule has 4 rings (SSSR count). The van der Waals surface area contributed by atoms with Gasteiger partial charge in [-0.3, -0.25) is 4.79 Å². The molecule has 1 aliphatic carbocycles. The molecule has 1 N–H and O–H groups in total. The SMILES string of the molecule is CC1C=CC(c2cnc(C=O)o2)=CC1.CCC.CNC1CN2CCC1C2. The molecule has 2 aliphatic heterocycles. The molecule has 26 heavy (non-hydrogen) atoms. The van der Waals surface area contributed by atoms with Crippen LogP contribution in [0.1, 0.15) is 56.5 Å². The Labute approximate surface area is 157 Å². The van der Waals surface area contributed by atoms with Crippen LogP contribution in [0.4, 0.5) is 0 Å². The van der Waals surface area contributed by atoms with E-state index < -0.39 is 0 Å². The summed E-state index contributed by atoms with van der Waals surface area (Å²) in [6, 6.07) is 0.804. The van der Waals surface area contributed by atoms with Gasteiger partial charge in [-0.15, -0.1) is 0 Å². The number of nitrogens with zero attached hydrogens (tertiary/aromatic N) is 2. The van der Waals surface area contributed by atoms with Crippen LogP contribution in [0.2, 0.25) is 0 Å². The van der Waals surface area contributed by atoms with E-state index in [2.05, 4.69) is 55.2 Å². The number of nitrogens with one attached hydrogen (secondary N) is 1. The molecular formula is C21H33N3O2. The molecule has 0 radical (unpaired) electrons. The average Bonchev–Trinajstić information content (AvgIpc) is 3.40. The number of piperidine rings is 1. The summed E-state index contributed by atoms with van der Waals surface area (Å²) in [6.07, 6.45) is 12.1. The summed E-state index contributed by atoms with van der Waals surface area (Å²) in [7, 11) is 2.08. The molecule has 5 heteroatoms. The van der Waals surface area contributed by atoms with Crippen molar-refractivity contribution in [2.75, 3.05) is 26.7 Å². The van der Waals surface area contributed by atoms with E-state index in [0.29, 0.717) is 18.0 Å². The first-order valence-electron chi connectivity index (χ1n) is 9.80. The van der Waals surface area contributed by atoms with Crippen LogP contribution in [-0.4, -0.2) is 48.9 Å². The third kappa shape index (κ3) is 5.64. The van der Waals surface area contributed by atoms with Gasteiger partial charge in [0.1, 0.15) is 0 Å². The average molecular weight is 360 g/mol. The smallest absolute Gasteiger partial charge is 0.260 e. The summed E-state index contributed by atoms with van der Waals surface area (Å²) in [5.41, 5.74) is 1.00. The standard InChI is InChI=1S/C11H11NO2.C7H14N2.C3H8/c1-8-2-4-9(5-3-8)10-6-12-11(7-13)14-10;1-8-7-5-9-3-2-6(7)4-9;1-3-2/h2,4-8H,3H2,1H3;6-8H,2-5H2,1H3;3H2,1-2H3. The molecule has 4 atom stereocenters. The van der Waals surface area contributed by atoms with Crippen molar-refractivity contribution < 1.29 is 9.21 Å². The number of aromatic nitrogens is 1. The number of fused-ring (bicyclic) bond motifs is 2. The molecule has 2 fully saturated rings. The Hall–Kier alpha value is -1.72. The molecule has 144 valence electrons. The monoisotopic (exact) mass is 359 g/mol. The molecule has 1 aromatic heterocycles. The minimum Gasteiger partial charge on any atom is -0.434 e. The zero-order valence-electron chi connectivity index (χ0n) is 16.6. The van der Waals surface area contributed by atoms with Gasteiger partial charge in [0.2, 0.25) is 6.29 Å². The van der Waals surface area contributed by atoms with Gasteiger partial charge in [-0.25, -0.2) is 4.98 Å². The highest BCUT2D eigenvalue weighted by molar-refractivity contribution is 5.73. The van der Waals surface area contributed by atoms with E-state index in [4.69, 9.17) is 4.42 Å². The van der Waals surface area contributed by atoms with Crippen molar-refractivity contribution in [3.63, 3.8) is 0 Å². The van der Waals surface area contributed by atoms with E-state index in [1.807, 2.05) is 6.08 Å². The van der Waals surface area contributed by atoms with E-state index in [1.165, 1.54) is 32.5 Å². The maximum Gasteiger partial charge on any atom is 0.260 e. The summed E-state index contributed by atoms with van der Waals surface area (Å²) in [4.78, 5) is 16.7. The first kappa shape index (κ1) is 20.6. The lowest BCUT2D eigenvalue weighted by molar-refractivity contribution is 0.109. The first-order chi connectivity index (χ1) is 12.6. The first-order valence-corrected chi connectivity index (χ1v) is 9.80. The van der Waals surface area contributed by atoms with Gasteiger partial charge >= 0.3 is 0 Å². The van der Waals surface area contributed by atoms with Gasteiger partial charge in [0, 0.05) is 24.7 Å². The Morgan fingerprint density at radius 3 is 2.58 bits per heavy atom. The van der Waals surface area contributed by atoms with Crippen LogP contribution in [0, 0.1) is 11.8 Å². The minimum absolute atomic E-state index is 0.132. The molecular weight excluding hydrogens is 326 g/mol. The Bertz CT molecular complexity index is 621. The highest BCUT2D eigenvalue weighted by Crippen LogP contribution is 2.27. The number of hydrogen-bond donors (Lipinski definition) is 1. The van der Waals surface area contributed by atoms with Crippen molar-refractivity contribution in [3.8, 4) is 0 Å². The summed E-state index contributed by atoms with van der Waals surface area (Å²) in [5.74, 6) is 2.34. The van der Waals surface area contributed by atoms with Gasteiger partial charge in [0.05, 0.1) is 6.20 Å². The van der Waals surface area contributed by atoms with Crippen molar-refractivity contribution >= 4 is 11.9 Å². The quantitative estimate of drug-likeness (QED) is 0.832. The van der Waals surface area contributed by atoms with Crippen LogP contribution >= 0.6 is 0 Å². The van der Waals surface area contributed by atoms with Gasteiger partial charge in [-0.2, -0.15) is 0 Å². The van der Waals surface area contributed by atoms with Crippen molar-refractivity contribution in [2.24, 2.45) is 11.8 Å². The lowest BCUT2D eigenvalue weighted by Gasteiger charge is -2.20. The normalized spacial score (nSPS) is 28.5. The molecule has 4 unspecified atom stereocenters. The number of hydrogen-bond acceptors (Lipinski definition) is 5. The molecule has 5 nitrogen and oxygen atoms in total. The number of likely N-dealkylation sites (N-methyl/N-ethyl adjacent to an activating group) is 1. The molecule has 1 aromatic rings. The molecule has 0 amide bonds. The van der Waals surface area contributed by atoms with Gasteiger partial charge in [-0.1, -0.05) is 45.4 Å². The minimum atomic E-state index is 0.132. The van der Waals surface area contributed by atoms with Crippen LogP contribution in [0.25, 0.3) is 5.57 Å². The van der Waals surface area contributed by atoms with Gasteiger partial charge in [0.25, 0.3) is 5.89 Å². The Morgan fingerprint density at radius 2 is 2.15 bits per heavy atom. The zero-order valence-corrected chi connectivity index (χ0v) is 16.6. The van der Waals surface area contributed by atoms with Crippen LogP contribution in [0.5, 0.6) is 0 Å². The van der Waals surface area contributed by atoms with Crippen LogP contribution < -0.4 is 5.32 Å². The number of allylic oxidation sites excluding steroid dienone is 4. The molecule has 2 bridgehead atoms. The predicted molar refractivity (Wildman–Crippen MR) is 106 cm³/mol. The van der Waals surface area contributed by atoms with Crippen molar-refractivity contribution in [3.05, 3.63) is 36.1 Å². The van der Waals surface area contributed by atoms with Crippen LogP contribution in [0.15, 0.2) is 28.8 Å². The lowest BCUT2D eigenvalue weighted by Crippen LogP contribution is -2.37. The lowest BCUT2D eigenvalue weighted by atomic mass is 9.98. The maximum atomic E-state index is 10.4. The Kier molecular flexibility index (Phi) is 8.26. The third-order valence-corrected chi connectivity index (χ3v) is 4.93. The second-order valence-electron chi connectivity index (χ2n) is 7.32. The Balaban J connectivity index is 0.000000173. The molecule has 3 aliphatic rings. The van der Waals surface area contributed by atoms with Gasteiger partial charge in [-0.05, 0) is 38.3 Å². The molecule has 2 saturated heterocycles. The third-order valence-electron chi connectivity index (χ3n) is 4.93. The highest BCUT2D eigenvalue weighted by atomic mass is 16.4. The fourth-order valence-corrected chi connectivity index (χ4v) is 3.50. The predicted octanol–water partition coefficient (Wildman–Crippen LogP) is 3.79.